The van der Waals surface area contributed by atoms with Gasteiger partial charge >= 0.3 is 5.69 Å². The van der Waals surface area contributed by atoms with Crippen molar-refractivity contribution in [3.05, 3.63) is 51.2 Å². The summed E-state index contributed by atoms with van der Waals surface area (Å²) in [5.41, 5.74) is -0.0165. The predicted octanol–water partition coefficient (Wildman–Crippen LogP) is 3.64. The van der Waals surface area contributed by atoms with E-state index in [2.05, 4.69) is 28.4 Å². The molecule has 0 amide bonds. The van der Waals surface area contributed by atoms with Gasteiger partial charge in [-0.2, -0.15) is 0 Å². The minimum Gasteiger partial charge on any atom is -0.488 e. The summed E-state index contributed by atoms with van der Waals surface area (Å²) < 4.78 is 24.0. The van der Waals surface area contributed by atoms with Crippen molar-refractivity contribution >= 4 is 22.5 Å². The second-order valence-electron chi connectivity index (χ2n) is 10.8. The van der Waals surface area contributed by atoms with Crippen molar-refractivity contribution in [1.29, 1.82) is 0 Å². The summed E-state index contributed by atoms with van der Waals surface area (Å²) in [7, 11) is -1.07. The number of rotatable bonds is 11. The van der Waals surface area contributed by atoms with Crippen molar-refractivity contribution in [3.63, 3.8) is 0 Å². The number of ether oxygens (including phenoxy) is 1. The lowest BCUT2D eigenvalue weighted by molar-refractivity contribution is 0.0821. The van der Waals surface area contributed by atoms with Crippen LogP contribution in [0.25, 0.3) is 0 Å². The fourth-order valence-electron chi connectivity index (χ4n) is 4.55. The first-order valence-electron chi connectivity index (χ1n) is 13.2. The lowest BCUT2D eigenvalue weighted by atomic mass is 10.0. The molecule has 1 atom stereocenters. The van der Waals surface area contributed by atoms with Crippen LogP contribution in [0.15, 0.2) is 39.9 Å². The Morgan fingerprint density at radius 2 is 1.57 bits per heavy atom. The van der Waals surface area contributed by atoms with E-state index in [4.69, 9.17) is 4.74 Å². The van der Waals surface area contributed by atoms with Crippen molar-refractivity contribution in [2.75, 3.05) is 48.1 Å². The van der Waals surface area contributed by atoms with Crippen LogP contribution in [0.3, 0.4) is 0 Å². The molecule has 2 aromatic rings. The SMILES string of the molecule is CCS(=O)Nc1ccc(OC(C)(C)CCN2CCN(c3cc(=O)n(C(C)C)c(=O)n3C(C)C)CC2)cc1. The van der Waals surface area contributed by atoms with Gasteiger partial charge in [-0.25, -0.2) is 9.00 Å². The first kappa shape index (κ1) is 29.0. The van der Waals surface area contributed by atoms with E-state index in [-0.39, 0.29) is 28.9 Å². The minimum atomic E-state index is -1.07. The van der Waals surface area contributed by atoms with Gasteiger partial charge in [-0.3, -0.25) is 18.8 Å². The van der Waals surface area contributed by atoms with Gasteiger partial charge in [0.25, 0.3) is 5.56 Å². The van der Waals surface area contributed by atoms with Crippen LogP contribution in [0.1, 0.15) is 67.0 Å². The number of benzene rings is 1. The third-order valence-electron chi connectivity index (χ3n) is 6.65. The number of anilines is 2. The average molecular weight is 534 g/mol. The molecular weight excluding hydrogens is 490 g/mol. The van der Waals surface area contributed by atoms with Gasteiger partial charge in [0.05, 0.1) is 0 Å². The van der Waals surface area contributed by atoms with Crippen molar-refractivity contribution in [3.8, 4) is 5.75 Å². The van der Waals surface area contributed by atoms with Gasteiger partial charge in [0, 0.05) is 62.3 Å². The average Bonchev–Trinajstić information content (AvgIpc) is 2.83. The molecule has 0 saturated carbocycles. The maximum atomic E-state index is 13.1. The van der Waals surface area contributed by atoms with Gasteiger partial charge in [-0.05, 0) is 72.2 Å². The molecule has 1 aromatic heterocycles. The highest BCUT2D eigenvalue weighted by Gasteiger charge is 2.26. The Morgan fingerprint density at radius 1 is 0.973 bits per heavy atom. The molecule has 9 nitrogen and oxygen atoms in total. The van der Waals surface area contributed by atoms with Crippen LogP contribution < -0.4 is 25.6 Å². The van der Waals surface area contributed by atoms with E-state index in [1.807, 2.05) is 58.9 Å². The Bertz CT molecular complexity index is 1180. The van der Waals surface area contributed by atoms with Gasteiger partial charge < -0.3 is 14.4 Å². The summed E-state index contributed by atoms with van der Waals surface area (Å²) in [6, 6.07) is 8.97. The van der Waals surface area contributed by atoms with E-state index in [1.165, 1.54) is 4.57 Å². The van der Waals surface area contributed by atoms with Crippen LogP contribution >= 0.6 is 0 Å². The molecular formula is C27H43N5O4S. The Balaban J connectivity index is 1.58. The number of hydrogen-bond acceptors (Lipinski definition) is 6. The third kappa shape index (κ3) is 7.47. The summed E-state index contributed by atoms with van der Waals surface area (Å²) in [5.74, 6) is 2.05. The Morgan fingerprint density at radius 3 is 2.11 bits per heavy atom. The molecule has 1 aromatic carbocycles. The summed E-state index contributed by atoms with van der Waals surface area (Å²) in [6.07, 6.45) is 0.855. The maximum absolute atomic E-state index is 13.1. The molecule has 1 fully saturated rings. The number of piperazine rings is 1. The lowest BCUT2D eigenvalue weighted by Crippen LogP contribution is -2.51. The van der Waals surface area contributed by atoms with E-state index in [1.54, 1.807) is 10.6 Å². The quantitative estimate of drug-likeness (QED) is 0.475. The summed E-state index contributed by atoms with van der Waals surface area (Å²) in [6.45, 7) is 17.8. The van der Waals surface area contributed by atoms with E-state index in [0.29, 0.717) is 11.6 Å². The zero-order chi connectivity index (χ0) is 27.3. The molecule has 2 heterocycles. The van der Waals surface area contributed by atoms with E-state index >= 15 is 0 Å². The van der Waals surface area contributed by atoms with E-state index < -0.39 is 11.0 Å². The Hall–Kier alpha value is -2.59. The van der Waals surface area contributed by atoms with Crippen LogP contribution in [0, 0.1) is 0 Å². The van der Waals surface area contributed by atoms with Gasteiger partial charge in [0.2, 0.25) is 0 Å². The summed E-state index contributed by atoms with van der Waals surface area (Å²) in [5, 5.41) is 0. The Kier molecular flexibility index (Phi) is 9.63. The standard InChI is InChI=1S/C27H43N5O4S/c1-8-37(35)28-22-9-11-23(12-10-22)36-27(6,7)13-14-29-15-17-30(18-16-29)24-19-25(33)32(21(4)5)26(34)31(24)20(2)3/h9-12,19-21,28H,8,13-18H2,1-7H3. The zero-order valence-electron chi connectivity index (χ0n) is 23.3. The van der Waals surface area contributed by atoms with E-state index in [0.717, 1.165) is 50.6 Å². The number of nitrogens with zero attached hydrogens (tertiary/aromatic N) is 4. The summed E-state index contributed by atoms with van der Waals surface area (Å²) >= 11 is 0. The molecule has 10 heteroatoms. The molecule has 37 heavy (non-hydrogen) atoms. The minimum absolute atomic E-state index is 0.0391. The maximum Gasteiger partial charge on any atom is 0.333 e. The lowest BCUT2D eigenvalue weighted by Gasteiger charge is -2.38. The molecule has 0 bridgehead atoms. The van der Waals surface area contributed by atoms with Crippen molar-refractivity contribution < 1.29 is 8.95 Å². The van der Waals surface area contributed by atoms with Crippen LogP contribution in [-0.2, 0) is 11.0 Å². The Labute approximate surface area is 223 Å². The fourth-order valence-corrected chi connectivity index (χ4v) is 5.10. The predicted molar refractivity (Wildman–Crippen MR) is 152 cm³/mol. The largest absolute Gasteiger partial charge is 0.488 e. The monoisotopic (exact) mass is 533 g/mol. The van der Waals surface area contributed by atoms with Gasteiger partial charge in [-0.1, -0.05) is 6.92 Å². The van der Waals surface area contributed by atoms with Crippen molar-refractivity contribution in [2.24, 2.45) is 0 Å². The van der Waals surface area contributed by atoms with Gasteiger partial charge in [-0.15, -0.1) is 0 Å². The van der Waals surface area contributed by atoms with Crippen LogP contribution in [0.5, 0.6) is 5.75 Å². The second-order valence-corrected chi connectivity index (χ2v) is 12.2. The topological polar surface area (TPSA) is 88.8 Å². The first-order valence-corrected chi connectivity index (χ1v) is 14.5. The summed E-state index contributed by atoms with van der Waals surface area (Å²) in [4.78, 5) is 30.4. The highest BCUT2D eigenvalue weighted by atomic mass is 32.2. The molecule has 1 aliphatic rings. The molecule has 1 aliphatic heterocycles. The molecule has 0 radical (unpaired) electrons. The van der Waals surface area contributed by atoms with E-state index in [9.17, 15) is 13.8 Å². The molecule has 1 unspecified atom stereocenters. The van der Waals surface area contributed by atoms with Crippen LogP contribution in [0.2, 0.25) is 0 Å². The normalized spacial score (nSPS) is 15.9. The highest BCUT2D eigenvalue weighted by molar-refractivity contribution is 7.86. The van der Waals surface area contributed by atoms with Gasteiger partial charge in [0.1, 0.15) is 28.2 Å². The molecule has 206 valence electrons. The van der Waals surface area contributed by atoms with Crippen LogP contribution in [-0.4, -0.2) is 62.3 Å². The third-order valence-corrected chi connectivity index (χ3v) is 7.64. The van der Waals surface area contributed by atoms with Crippen molar-refractivity contribution in [1.82, 2.24) is 14.0 Å². The highest BCUT2D eigenvalue weighted by Crippen LogP contribution is 2.24. The van der Waals surface area contributed by atoms with Crippen LogP contribution in [0.4, 0.5) is 11.5 Å². The number of nitrogens with one attached hydrogen (secondary N) is 1. The molecule has 0 spiro atoms. The first-order chi connectivity index (χ1) is 17.4. The van der Waals surface area contributed by atoms with Crippen molar-refractivity contribution in [2.45, 2.75) is 72.6 Å². The second kappa shape index (κ2) is 12.3. The molecule has 1 saturated heterocycles. The fraction of sp³-hybridized carbons (Fsp3) is 0.630. The molecule has 0 aliphatic carbocycles. The smallest absolute Gasteiger partial charge is 0.333 e. The number of hydrogen-bond donors (Lipinski definition) is 1. The van der Waals surface area contributed by atoms with Gasteiger partial charge in [0.15, 0.2) is 0 Å². The molecule has 3 rings (SSSR count). The molecule has 1 N–H and O–H groups in total. The number of aromatic nitrogens is 2. The zero-order valence-corrected chi connectivity index (χ0v) is 24.1.